The van der Waals surface area contributed by atoms with Crippen LogP contribution < -0.4 is 0 Å². The number of aromatic nitrogens is 2. The van der Waals surface area contributed by atoms with E-state index in [0.29, 0.717) is 12.1 Å². The molecule has 0 amide bonds. The molecule has 1 aromatic heterocycles. The van der Waals surface area contributed by atoms with Gasteiger partial charge in [0, 0.05) is 12.7 Å². The summed E-state index contributed by atoms with van der Waals surface area (Å²) in [6.45, 7) is 3.19. The minimum atomic E-state index is -0.463. The highest BCUT2D eigenvalue weighted by Gasteiger charge is 2.25. The van der Waals surface area contributed by atoms with E-state index in [1.165, 1.54) is 6.07 Å². The smallest absolute Gasteiger partial charge is 0.144 e. The Hall–Kier alpha value is -0.840. The van der Waals surface area contributed by atoms with Gasteiger partial charge in [0.15, 0.2) is 0 Å². The third-order valence-corrected chi connectivity index (χ3v) is 3.87. The lowest BCUT2D eigenvalue weighted by Crippen LogP contribution is -2.12. The van der Waals surface area contributed by atoms with Crippen molar-refractivity contribution in [2.75, 3.05) is 13.2 Å². The molecule has 2 aromatic rings. The first-order valence-corrected chi connectivity index (χ1v) is 6.98. The van der Waals surface area contributed by atoms with Crippen molar-refractivity contribution in [1.82, 2.24) is 9.55 Å². The number of hydrogen-bond donors (Lipinski definition) is 0. The second kappa shape index (κ2) is 4.93. The molecule has 0 saturated carbocycles. The summed E-state index contributed by atoms with van der Waals surface area (Å²) in [6.07, 6.45) is 0.900. The molecule has 6 heteroatoms. The van der Waals surface area contributed by atoms with Gasteiger partial charge < -0.3 is 9.30 Å². The van der Waals surface area contributed by atoms with Crippen LogP contribution in [0.2, 0.25) is 5.02 Å². The number of rotatable bonds is 2. The zero-order chi connectivity index (χ0) is 13.6. The number of imidazole rings is 1. The molecule has 0 N–H and O–H groups in total. The molecule has 2 heterocycles. The van der Waals surface area contributed by atoms with Gasteiger partial charge in [-0.2, -0.15) is 0 Å². The van der Waals surface area contributed by atoms with Crippen LogP contribution in [0.4, 0.5) is 4.39 Å². The van der Waals surface area contributed by atoms with E-state index in [1.54, 1.807) is 6.07 Å². The van der Waals surface area contributed by atoms with Gasteiger partial charge in [-0.15, -0.1) is 11.6 Å². The van der Waals surface area contributed by atoms with Crippen molar-refractivity contribution in [3.05, 3.63) is 28.8 Å². The first-order valence-electron chi connectivity index (χ1n) is 6.16. The zero-order valence-electron chi connectivity index (χ0n) is 10.4. The fourth-order valence-corrected chi connectivity index (χ4v) is 2.81. The van der Waals surface area contributed by atoms with E-state index >= 15 is 0 Å². The lowest BCUT2D eigenvalue weighted by molar-refractivity contribution is 0.186. The molecule has 2 atom stereocenters. The number of halogens is 3. The SMILES string of the molecule is CC(Cl)c1nc2cc(F)c(Cl)cc2n1C1CCOC1. The van der Waals surface area contributed by atoms with Crippen LogP contribution in [0.1, 0.15) is 30.6 Å². The van der Waals surface area contributed by atoms with E-state index in [1.807, 2.05) is 11.5 Å². The highest BCUT2D eigenvalue weighted by Crippen LogP contribution is 2.33. The van der Waals surface area contributed by atoms with Crippen LogP contribution in [0.25, 0.3) is 11.0 Å². The average molecular weight is 303 g/mol. The van der Waals surface area contributed by atoms with Gasteiger partial charge in [-0.05, 0) is 19.4 Å². The Kier molecular flexibility index (Phi) is 3.41. The van der Waals surface area contributed by atoms with Crippen molar-refractivity contribution in [3.8, 4) is 0 Å². The van der Waals surface area contributed by atoms with E-state index in [0.717, 1.165) is 24.4 Å². The van der Waals surface area contributed by atoms with Gasteiger partial charge in [-0.1, -0.05) is 11.6 Å². The molecule has 3 nitrogen and oxygen atoms in total. The van der Waals surface area contributed by atoms with E-state index in [-0.39, 0.29) is 16.4 Å². The van der Waals surface area contributed by atoms with Crippen LogP contribution in [0.5, 0.6) is 0 Å². The first-order chi connectivity index (χ1) is 9.08. The molecule has 1 aliphatic heterocycles. The molecule has 0 bridgehead atoms. The number of ether oxygens (including phenoxy) is 1. The monoisotopic (exact) mass is 302 g/mol. The van der Waals surface area contributed by atoms with E-state index < -0.39 is 5.82 Å². The second-order valence-electron chi connectivity index (χ2n) is 4.73. The molecule has 1 saturated heterocycles. The van der Waals surface area contributed by atoms with Crippen LogP contribution in [-0.4, -0.2) is 22.8 Å². The Morgan fingerprint density at radius 2 is 2.32 bits per heavy atom. The first kappa shape index (κ1) is 13.2. The summed E-state index contributed by atoms with van der Waals surface area (Å²) in [5, 5.41) is -0.156. The molecule has 2 unspecified atom stereocenters. The lowest BCUT2D eigenvalue weighted by Gasteiger charge is -2.16. The fraction of sp³-hybridized carbons (Fsp3) is 0.462. The Morgan fingerprint density at radius 3 is 2.95 bits per heavy atom. The molecule has 0 aliphatic carbocycles. The summed E-state index contributed by atoms with van der Waals surface area (Å²) in [7, 11) is 0. The van der Waals surface area contributed by atoms with Crippen molar-refractivity contribution in [1.29, 1.82) is 0 Å². The highest BCUT2D eigenvalue weighted by molar-refractivity contribution is 6.31. The van der Waals surface area contributed by atoms with Crippen molar-refractivity contribution < 1.29 is 9.13 Å². The van der Waals surface area contributed by atoms with Gasteiger partial charge in [-0.25, -0.2) is 9.37 Å². The third-order valence-electron chi connectivity index (χ3n) is 3.39. The number of hydrogen-bond acceptors (Lipinski definition) is 2. The fourth-order valence-electron chi connectivity index (χ4n) is 2.50. The number of fused-ring (bicyclic) bond motifs is 1. The summed E-state index contributed by atoms with van der Waals surface area (Å²) in [4.78, 5) is 4.44. The quantitative estimate of drug-likeness (QED) is 0.781. The van der Waals surface area contributed by atoms with Crippen LogP contribution >= 0.6 is 23.2 Å². The molecule has 3 rings (SSSR count). The molecule has 0 spiro atoms. The summed E-state index contributed by atoms with van der Waals surface area (Å²) in [5.41, 5.74) is 1.39. The molecule has 1 fully saturated rings. The van der Waals surface area contributed by atoms with E-state index in [9.17, 15) is 4.39 Å². The van der Waals surface area contributed by atoms with Crippen LogP contribution in [0.3, 0.4) is 0 Å². The zero-order valence-corrected chi connectivity index (χ0v) is 11.9. The predicted molar refractivity (Wildman–Crippen MR) is 73.4 cm³/mol. The van der Waals surface area contributed by atoms with Gasteiger partial charge >= 0.3 is 0 Å². The maximum absolute atomic E-state index is 13.5. The molecular weight excluding hydrogens is 290 g/mol. The number of benzene rings is 1. The standard InChI is InChI=1S/C13H13Cl2FN2O/c1-7(14)13-17-11-5-10(16)9(15)4-12(11)18(13)8-2-3-19-6-8/h4-5,7-8H,2-3,6H2,1H3. The summed E-state index contributed by atoms with van der Waals surface area (Å²) >= 11 is 12.1. The van der Waals surface area contributed by atoms with Crippen molar-refractivity contribution in [3.63, 3.8) is 0 Å². The van der Waals surface area contributed by atoms with Crippen LogP contribution in [0, 0.1) is 5.82 Å². The summed E-state index contributed by atoms with van der Waals surface area (Å²) < 4.78 is 21.0. The average Bonchev–Trinajstić information content (AvgIpc) is 2.96. The maximum Gasteiger partial charge on any atom is 0.144 e. The van der Waals surface area contributed by atoms with Crippen LogP contribution in [-0.2, 0) is 4.74 Å². The Morgan fingerprint density at radius 1 is 1.53 bits per heavy atom. The van der Waals surface area contributed by atoms with E-state index in [4.69, 9.17) is 27.9 Å². The third kappa shape index (κ3) is 2.22. The summed E-state index contributed by atoms with van der Waals surface area (Å²) in [5.74, 6) is 0.268. The molecular formula is C13H13Cl2FN2O. The van der Waals surface area contributed by atoms with Crippen LogP contribution in [0.15, 0.2) is 12.1 Å². The van der Waals surface area contributed by atoms with Crippen molar-refractivity contribution in [2.45, 2.75) is 24.8 Å². The topological polar surface area (TPSA) is 27.1 Å². The van der Waals surface area contributed by atoms with Gasteiger partial charge in [-0.3, -0.25) is 0 Å². The molecule has 1 aliphatic rings. The summed E-state index contributed by atoms with van der Waals surface area (Å²) in [6, 6.07) is 3.15. The van der Waals surface area contributed by atoms with Gasteiger partial charge in [0.05, 0.1) is 34.1 Å². The van der Waals surface area contributed by atoms with Gasteiger partial charge in [0.25, 0.3) is 0 Å². The largest absolute Gasteiger partial charge is 0.379 e. The molecule has 19 heavy (non-hydrogen) atoms. The predicted octanol–water partition coefficient (Wildman–Crippen LogP) is 4.09. The molecule has 0 radical (unpaired) electrons. The molecule has 102 valence electrons. The number of alkyl halides is 1. The Labute approximate surface area is 120 Å². The molecule has 1 aromatic carbocycles. The highest BCUT2D eigenvalue weighted by atomic mass is 35.5. The minimum Gasteiger partial charge on any atom is -0.379 e. The van der Waals surface area contributed by atoms with Crippen molar-refractivity contribution >= 4 is 34.2 Å². The van der Waals surface area contributed by atoms with E-state index in [2.05, 4.69) is 4.98 Å². The Balaban J connectivity index is 2.25. The Bertz CT molecular complexity index is 621. The lowest BCUT2D eigenvalue weighted by atomic mass is 10.2. The normalized spacial score (nSPS) is 21.2. The number of nitrogens with zero attached hydrogens (tertiary/aromatic N) is 2. The van der Waals surface area contributed by atoms with Gasteiger partial charge in [0.1, 0.15) is 11.6 Å². The van der Waals surface area contributed by atoms with Gasteiger partial charge in [0.2, 0.25) is 0 Å². The minimum absolute atomic E-state index is 0.0985. The maximum atomic E-state index is 13.5. The van der Waals surface area contributed by atoms with Crippen molar-refractivity contribution in [2.24, 2.45) is 0 Å². The second-order valence-corrected chi connectivity index (χ2v) is 5.79.